The Kier molecular flexibility index (Phi) is 5.64. The summed E-state index contributed by atoms with van der Waals surface area (Å²) in [6, 6.07) is 0. The zero-order valence-corrected chi connectivity index (χ0v) is 10.6. The Hall–Kier alpha value is -1.59. The zero-order chi connectivity index (χ0) is 13.6. The third-order valence-electron chi connectivity index (χ3n) is 1.74. The Morgan fingerprint density at radius 1 is 1.18 bits per heavy atom. The zero-order valence-electron chi connectivity index (χ0n) is 10.6. The molecule has 0 spiro atoms. The van der Waals surface area contributed by atoms with Gasteiger partial charge in [0.25, 0.3) is 0 Å². The Bertz CT molecular complexity index is 305. The van der Waals surface area contributed by atoms with E-state index in [4.69, 9.17) is 9.84 Å². The molecule has 0 heterocycles. The van der Waals surface area contributed by atoms with E-state index >= 15 is 0 Å². The summed E-state index contributed by atoms with van der Waals surface area (Å²) in [6.45, 7) is 5.89. The topological polar surface area (TPSA) is 83.9 Å². The number of nitrogens with zero attached hydrogens (tertiary/aromatic N) is 1. The van der Waals surface area contributed by atoms with Crippen molar-refractivity contribution in [2.24, 2.45) is 0 Å². The summed E-state index contributed by atoms with van der Waals surface area (Å²) in [6.07, 6.45) is -0.541. The predicted molar refractivity (Wildman–Crippen MR) is 60.7 cm³/mol. The number of carbonyl (C=O) groups is 3. The van der Waals surface area contributed by atoms with Crippen molar-refractivity contribution >= 4 is 17.8 Å². The van der Waals surface area contributed by atoms with Gasteiger partial charge in [-0.25, -0.2) is 4.79 Å². The molecule has 0 bridgehead atoms. The van der Waals surface area contributed by atoms with Crippen molar-refractivity contribution in [3.63, 3.8) is 0 Å². The van der Waals surface area contributed by atoms with Crippen molar-refractivity contribution < 1.29 is 24.2 Å². The monoisotopic (exact) mass is 245 g/mol. The maximum atomic E-state index is 11.6. The lowest BCUT2D eigenvalue weighted by molar-refractivity contribution is -0.138. The van der Waals surface area contributed by atoms with Gasteiger partial charge in [0.05, 0.1) is 6.54 Å². The maximum absolute atomic E-state index is 11.6. The number of Topliss-reactive ketones (excluding diaryl/α,β-unsaturated/α-hetero) is 1. The highest BCUT2D eigenvalue weighted by Crippen LogP contribution is 2.10. The molecule has 0 atom stereocenters. The molecule has 0 aliphatic heterocycles. The highest BCUT2D eigenvalue weighted by atomic mass is 16.6. The molecule has 0 rings (SSSR count). The second kappa shape index (κ2) is 6.22. The fraction of sp³-hybridized carbons (Fsp3) is 0.727. The van der Waals surface area contributed by atoms with Crippen LogP contribution in [0.2, 0.25) is 0 Å². The Labute approximate surface area is 101 Å². The second-order valence-corrected chi connectivity index (χ2v) is 4.62. The lowest BCUT2D eigenvalue weighted by Crippen LogP contribution is -2.42. The molecule has 6 heteroatoms. The Balaban J connectivity index is 4.61. The molecule has 6 nitrogen and oxygen atoms in total. The number of carboxylic acid groups (broad SMARTS) is 1. The molecular weight excluding hydrogens is 226 g/mol. The smallest absolute Gasteiger partial charge is 0.411 e. The van der Waals surface area contributed by atoms with Gasteiger partial charge in [-0.2, -0.15) is 0 Å². The lowest BCUT2D eigenvalue weighted by atomic mass is 10.2. The summed E-state index contributed by atoms with van der Waals surface area (Å²) >= 11 is 0. The third-order valence-corrected chi connectivity index (χ3v) is 1.74. The summed E-state index contributed by atoms with van der Waals surface area (Å²) in [5.74, 6) is -1.39. The van der Waals surface area contributed by atoms with E-state index in [0.717, 1.165) is 4.90 Å². The van der Waals surface area contributed by atoms with E-state index in [2.05, 4.69) is 0 Å². The molecule has 0 aromatic heterocycles. The molecule has 1 N–H and O–H groups in total. The van der Waals surface area contributed by atoms with Crippen molar-refractivity contribution in [1.82, 2.24) is 4.90 Å². The Morgan fingerprint density at radius 2 is 1.71 bits per heavy atom. The number of rotatable bonds is 5. The number of hydrogen-bond acceptors (Lipinski definition) is 4. The maximum Gasteiger partial charge on any atom is 0.411 e. The molecule has 1 amide bonds. The van der Waals surface area contributed by atoms with Crippen LogP contribution in [0.5, 0.6) is 0 Å². The average Bonchev–Trinajstić information content (AvgIpc) is 2.13. The van der Waals surface area contributed by atoms with Gasteiger partial charge in [-0.15, -0.1) is 0 Å². The summed E-state index contributed by atoms with van der Waals surface area (Å²) in [5.41, 5.74) is -0.719. The fourth-order valence-electron chi connectivity index (χ4n) is 0.999. The first-order chi connectivity index (χ1) is 7.65. The largest absolute Gasteiger partial charge is 0.480 e. The van der Waals surface area contributed by atoms with E-state index in [-0.39, 0.29) is 18.7 Å². The molecule has 0 fully saturated rings. The Morgan fingerprint density at radius 3 is 2.06 bits per heavy atom. The normalized spacial score (nSPS) is 10.8. The molecule has 0 radical (unpaired) electrons. The molecule has 0 aromatic carbocycles. The van der Waals surface area contributed by atoms with Crippen LogP contribution in [0.4, 0.5) is 4.79 Å². The number of ketones is 1. The minimum atomic E-state index is -1.18. The van der Waals surface area contributed by atoms with Gasteiger partial charge in [-0.05, 0) is 20.8 Å². The van der Waals surface area contributed by atoms with Crippen molar-refractivity contribution in [1.29, 1.82) is 0 Å². The van der Waals surface area contributed by atoms with Crippen LogP contribution in [0, 0.1) is 0 Å². The van der Waals surface area contributed by atoms with Gasteiger partial charge in [0.2, 0.25) is 0 Å². The first kappa shape index (κ1) is 15.4. The number of carbonyl (C=O) groups excluding carboxylic acids is 2. The van der Waals surface area contributed by atoms with Gasteiger partial charge in [0, 0.05) is 6.42 Å². The van der Waals surface area contributed by atoms with Crippen LogP contribution in [0.3, 0.4) is 0 Å². The molecule has 0 unspecified atom stereocenters. The minimum Gasteiger partial charge on any atom is -0.480 e. The fourth-order valence-corrected chi connectivity index (χ4v) is 0.999. The molecule has 0 aromatic rings. The molecule has 0 aliphatic carbocycles. The molecular formula is C11H19NO5. The van der Waals surface area contributed by atoms with Gasteiger partial charge in [-0.1, -0.05) is 6.92 Å². The highest BCUT2D eigenvalue weighted by molar-refractivity contribution is 5.85. The first-order valence-electron chi connectivity index (χ1n) is 5.37. The molecule has 17 heavy (non-hydrogen) atoms. The third kappa shape index (κ3) is 7.32. The summed E-state index contributed by atoms with van der Waals surface area (Å²) in [4.78, 5) is 34.3. The van der Waals surface area contributed by atoms with Gasteiger partial charge < -0.3 is 9.84 Å². The van der Waals surface area contributed by atoms with Gasteiger partial charge in [0.15, 0.2) is 5.78 Å². The van der Waals surface area contributed by atoms with E-state index in [0.29, 0.717) is 0 Å². The molecule has 0 aliphatic rings. The van der Waals surface area contributed by atoms with Crippen LogP contribution in [-0.2, 0) is 14.3 Å². The number of ether oxygens (including phenoxy) is 1. The molecule has 0 saturated carbocycles. The summed E-state index contributed by atoms with van der Waals surface area (Å²) < 4.78 is 5.02. The number of amides is 1. The van der Waals surface area contributed by atoms with Gasteiger partial charge >= 0.3 is 12.1 Å². The van der Waals surface area contributed by atoms with E-state index in [1.54, 1.807) is 27.7 Å². The number of hydrogen-bond donors (Lipinski definition) is 1. The first-order valence-corrected chi connectivity index (χ1v) is 5.37. The van der Waals surface area contributed by atoms with E-state index < -0.39 is 24.2 Å². The van der Waals surface area contributed by atoms with Gasteiger partial charge in [0.1, 0.15) is 12.1 Å². The summed E-state index contributed by atoms with van der Waals surface area (Å²) in [7, 11) is 0. The SMILES string of the molecule is CCC(=O)CN(CC(=O)O)C(=O)OC(C)(C)C. The predicted octanol–water partition coefficient (Wildman–Crippen LogP) is 1.29. The van der Waals surface area contributed by atoms with Crippen molar-refractivity contribution in [3.8, 4) is 0 Å². The van der Waals surface area contributed by atoms with E-state index in [9.17, 15) is 14.4 Å². The molecule has 98 valence electrons. The van der Waals surface area contributed by atoms with Crippen LogP contribution >= 0.6 is 0 Å². The van der Waals surface area contributed by atoms with Crippen molar-refractivity contribution in [2.75, 3.05) is 13.1 Å². The van der Waals surface area contributed by atoms with E-state index in [1.807, 2.05) is 0 Å². The standard InChI is InChI=1S/C11H19NO5/c1-5-8(13)6-12(7-9(14)15)10(16)17-11(2,3)4/h5-7H2,1-4H3,(H,14,15). The second-order valence-electron chi connectivity index (χ2n) is 4.62. The number of aliphatic carboxylic acids is 1. The summed E-state index contributed by atoms with van der Waals surface area (Å²) in [5, 5.41) is 8.66. The van der Waals surface area contributed by atoms with Crippen LogP contribution < -0.4 is 0 Å². The van der Waals surface area contributed by atoms with E-state index in [1.165, 1.54) is 0 Å². The highest BCUT2D eigenvalue weighted by Gasteiger charge is 2.25. The molecule has 0 saturated heterocycles. The van der Waals surface area contributed by atoms with Crippen molar-refractivity contribution in [2.45, 2.75) is 39.7 Å². The van der Waals surface area contributed by atoms with Crippen LogP contribution in [0.1, 0.15) is 34.1 Å². The van der Waals surface area contributed by atoms with Crippen LogP contribution in [0.25, 0.3) is 0 Å². The van der Waals surface area contributed by atoms with Gasteiger partial charge in [-0.3, -0.25) is 14.5 Å². The average molecular weight is 245 g/mol. The van der Waals surface area contributed by atoms with Crippen LogP contribution in [0.15, 0.2) is 0 Å². The minimum absolute atomic E-state index is 0.211. The van der Waals surface area contributed by atoms with Crippen LogP contribution in [-0.4, -0.2) is 46.5 Å². The van der Waals surface area contributed by atoms with Crippen molar-refractivity contribution in [3.05, 3.63) is 0 Å². The number of carboxylic acids is 1. The quantitative estimate of drug-likeness (QED) is 0.788. The lowest BCUT2D eigenvalue weighted by Gasteiger charge is -2.25.